The van der Waals surface area contributed by atoms with Gasteiger partial charge in [0, 0.05) is 11.9 Å². The van der Waals surface area contributed by atoms with Gasteiger partial charge in [-0.15, -0.1) is 0 Å². The van der Waals surface area contributed by atoms with Gasteiger partial charge in [0.1, 0.15) is 10.6 Å². The normalized spacial score (nSPS) is 11.3. The van der Waals surface area contributed by atoms with E-state index >= 15 is 0 Å². The average molecular weight is 282 g/mol. The predicted molar refractivity (Wildman–Crippen MR) is 70.5 cm³/mol. The van der Waals surface area contributed by atoms with Gasteiger partial charge < -0.3 is 14.8 Å². The van der Waals surface area contributed by atoms with Crippen LogP contribution in [0, 0.1) is 0 Å². The molecule has 1 heterocycles. The monoisotopic (exact) mass is 282 g/mol. The van der Waals surface area contributed by atoms with Crippen molar-refractivity contribution in [2.24, 2.45) is 0 Å². The molecular weight excluding hydrogens is 268 g/mol. The highest BCUT2D eigenvalue weighted by Gasteiger charge is 2.17. The maximum Gasteiger partial charge on any atom is 0.263 e. The molecule has 0 amide bonds. The summed E-state index contributed by atoms with van der Waals surface area (Å²) in [4.78, 5) is 2.73. The molecule has 0 bridgehead atoms. The van der Waals surface area contributed by atoms with Crippen LogP contribution in [-0.2, 0) is 16.6 Å². The van der Waals surface area contributed by atoms with Crippen LogP contribution in [0.3, 0.4) is 0 Å². The SMILES string of the molecule is COc1ccccc1NS(=O)(=O)c1c[nH]c(CO)c1. The van der Waals surface area contributed by atoms with Gasteiger partial charge in [-0.2, -0.15) is 0 Å². The van der Waals surface area contributed by atoms with Crippen molar-refractivity contribution in [3.63, 3.8) is 0 Å². The minimum absolute atomic E-state index is 0.0578. The number of aromatic nitrogens is 1. The Morgan fingerprint density at radius 3 is 2.74 bits per heavy atom. The molecule has 3 N–H and O–H groups in total. The number of hydrogen-bond acceptors (Lipinski definition) is 4. The Labute approximate surface area is 111 Å². The van der Waals surface area contributed by atoms with Gasteiger partial charge in [-0.1, -0.05) is 12.1 Å². The largest absolute Gasteiger partial charge is 0.495 e. The van der Waals surface area contributed by atoms with Crippen molar-refractivity contribution in [1.29, 1.82) is 0 Å². The molecule has 0 atom stereocenters. The van der Waals surface area contributed by atoms with Crippen molar-refractivity contribution in [2.75, 3.05) is 11.8 Å². The first kappa shape index (κ1) is 13.4. The first-order valence-electron chi connectivity index (χ1n) is 5.51. The molecule has 6 nitrogen and oxygen atoms in total. The third-order valence-corrected chi connectivity index (χ3v) is 3.89. The number of aliphatic hydroxyl groups is 1. The summed E-state index contributed by atoms with van der Waals surface area (Å²) in [5.74, 6) is 0.434. The Balaban J connectivity index is 2.31. The van der Waals surface area contributed by atoms with Gasteiger partial charge in [-0.05, 0) is 18.2 Å². The molecule has 0 unspecified atom stereocenters. The number of aliphatic hydroxyl groups excluding tert-OH is 1. The van der Waals surface area contributed by atoms with Crippen molar-refractivity contribution in [3.8, 4) is 5.75 Å². The lowest BCUT2D eigenvalue weighted by Crippen LogP contribution is -2.12. The molecule has 0 aliphatic heterocycles. The van der Waals surface area contributed by atoms with Gasteiger partial charge in [-0.3, -0.25) is 4.72 Å². The first-order chi connectivity index (χ1) is 9.06. The van der Waals surface area contributed by atoms with Crippen LogP contribution in [0.2, 0.25) is 0 Å². The second kappa shape index (κ2) is 5.33. The molecule has 0 spiro atoms. The average Bonchev–Trinajstić information content (AvgIpc) is 2.88. The third kappa shape index (κ3) is 2.88. The maximum atomic E-state index is 12.1. The van der Waals surface area contributed by atoms with Crippen LogP contribution in [0.25, 0.3) is 0 Å². The van der Waals surface area contributed by atoms with E-state index in [1.54, 1.807) is 24.3 Å². The highest BCUT2D eigenvalue weighted by Crippen LogP contribution is 2.26. The van der Waals surface area contributed by atoms with E-state index in [1.807, 2.05) is 0 Å². The number of methoxy groups -OCH3 is 1. The maximum absolute atomic E-state index is 12.1. The van der Waals surface area contributed by atoms with Crippen molar-refractivity contribution >= 4 is 15.7 Å². The van der Waals surface area contributed by atoms with Gasteiger partial charge in [0.25, 0.3) is 10.0 Å². The Hall–Kier alpha value is -1.99. The van der Waals surface area contributed by atoms with Crippen LogP contribution in [0.5, 0.6) is 5.75 Å². The summed E-state index contributed by atoms with van der Waals surface area (Å²) in [5, 5.41) is 8.92. The lowest BCUT2D eigenvalue weighted by Gasteiger charge is -2.10. The number of sulfonamides is 1. The van der Waals surface area contributed by atoms with E-state index in [1.165, 1.54) is 19.4 Å². The standard InChI is InChI=1S/C12H14N2O4S/c1-18-12-5-3-2-4-11(12)14-19(16,17)10-6-9(8-15)13-7-10/h2-7,13-15H,8H2,1H3. The number of ether oxygens (including phenoxy) is 1. The summed E-state index contributed by atoms with van der Waals surface area (Å²) < 4.78 is 31.8. The molecule has 0 aliphatic carbocycles. The predicted octanol–water partition coefficient (Wildman–Crippen LogP) is 1.32. The molecule has 0 saturated heterocycles. The van der Waals surface area contributed by atoms with E-state index in [0.29, 0.717) is 17.1 Å². The highest BCUT2D eigenvalue weighted by atomic mass is 32.2. The van der Waals surface area contributed by atoms with E-state index in [4.69, 9.17) is 9.84 Å². The van der Waals surface area contributed by atoms with Gasteiger partial charge in [0.05, 0.1) is 19.4 Å². The Morgan fingerprint density at radius 1 is 1.37 bits per heavy atom. The summed E-state index contributed by atoms with van der Waals surface area (Å²) in [6, 6.07) is 8.09. The zero-order chi connectivity index (χ0) is 13.9. The molecule has 1 aromatic carbocycles. The van der Waals surface area contributed by atoms with Gasteiger partial charge in [0.15, 0.2) is 0 Å². The van der Waals surface area contributed by atoms with E-state index in [0.717, 1.165) is 0 Å². The summed E-state index contributed by atoms with van der Waals surface area (Å²) >= 11 is 0. The number of benzene rings is 1. The Bertz CT molecular complexity index is 664. The third-order valence-electron chi connectivity index (χ3n) is 2.55. The van der Waals surface area contributed by atoms with Crippen molar-refractivity contribution in [2.45, 2.75) is 11.5 Å². The number of anilines is 1. The Morgan fingerprint density at radius 2 is 2.11 bits per heavy atom. The fourth-order valence-corrected chi connectivity index (χ4v) is 2.69. The fraction of sp³-hybridized carbons (Fsp3) is 0.167. The molecule has 0 saturated carbocycles. The van der Waals surface area contributed by atoms with Gasteiger partial charge in [0.2, 0.25) is 0 Å². The summed E-state index contributed by atoms with van der Waals surface area (Å²) in [7, 11) is -2.24. The van der Waals surface area contributed by atoms with Crippen LogP contribution in [0.1, 0.15) is 5.69 Å². The van der Waals surface area contributed by atoms with Crippen LogP contribution in [0.15, 0.2) is 41.4 Å². The lowest BCUT2D eigenvalue weighted by atomic mass is 10.3. The van der Waals surface area contributed by atoms with E-state index < -0.39 is 10.0 Å². The fourth-order valence-electron chi connectivity index (χ4n) is 1.60. The van der Waals surface area contributed by atoms with Crippen LogP contribution < -0.4 is 9.46 Å². The minimum atomic E-state index is -3.71. The van der Waals surface area contributed by atoms with Crippen LogP contribution >= 0.6 is 0 Å². The highest BCUT2D eigenvalue weighted by molar-refractivity contribution is 7.92. The molecule has 0 fully saturated rings. The number of hydrogen-bond donors (Lipinski definition) is 3. The molecule has 102 valence electrons. The van der Waals surface area contributed by atoms with Crippen LogP contribution in [0.4, 0.5) is 5.69 Å². The Kier molecular flexibility index (Phi) is 3.77. The minimum Gasteiger partial charge on any atom is -0.495 e. The van der Waals surface area contributed by atoms with Crippen molar-refractivity contribution in [3.05, 3.63) is 42.2 Å². The quantitative estimate of drug-likeness (QED) is 0.771. The zero-order valence-electron chi connectivity index (χ0n) is 10.3. The molecule has 19 heavy (non-hydrogen) atoms. The second-order valence-electron chi connectivity index (χ2n) is 3.82. The number of nitrogens with one attached hydrogen (secondary N) is 2. The summed E-state index contributed by atoms with van der Waals surface area (Å²) in [6.45, 7) is -0.246. The molecule has 1 aromatic heterocycles. The molecule has 2 aromatic rings. The zero-order valence-corrected chi connectivity index (χ0v) is 11.1. The molecular formula is C12H14N2O4S. The number of H-pyrrole nitrogens is 1. The number of aromatic amines is 1. The second-order valence-corrected chi connectivity index (χ2v) is 5.51. The summed E-state index contributed by atoms with van der Waals surface area (Å²) in [6.07, 6.45) is 1.32. The number of rotatable bonds is 5. The molecule has 2 rings (SSSR count). The molecule has 0 radical (unpaired) electrons. The topological polar surface area (TPSA) is 91.4 Å². The number of para-hydroxylation sites is 2. The smallest absolute Gasteiger partial charge is 0.263 e. The van der Waals surface area contributed by atoms with Gasteiger partial charge >= 0.3 is 0 Å². The van der Waals surface area contributed by atoms with E-state index in [-0.39, 0.29) is 11.5 Å². The van der Waals surface area contributed by atoms with E-state index in [2.05, 4.69) is 9.71 Å². The van der Waals surface area contributed by atoms with E-state index in [9.17, 15) is 8.42 Å². The summed E-state index contributed by atoms with van der Waals surface area (Å²) in [5.41, 5.74) is 0.789. The van der Waals surface area contributed by atoms with Gasteiger partial charge in [-0.25, -0.2) is 8.42 Å². The van der Waals surface area contributed by atoms with Crippen molar-refractivity contribution < 1.29 is 18.3 Å². The first-order valence-corrected chi connectivity index (χ1v) is 6.99. The van der Waals surface area contributed by atoms with Crippen molar-refractivity contribution in [1.82, 2.24) is 4.98 Å². The molecule has 0 aliphatic rings. The molecule has 7 heteroatoms. The van der Waals surface area contributed by atoms with Crippen LogP contribution in [-0.4, -0.2) is 25.6 Å². The lowest BCUT2D eigenvalue weighted by molar-refractivity contribution is 0.277.